The van der Waals surface area contributed by atoms with E-state index < -0.39 is 39.2 Å². The quantitative estimate of drug-likeness (QED) is 0.525. The molecule has 0 saturated carbocycles. The van der Waals surface area contributed by atoms with Gasteiger partial charge in [0.1, 0.15) is 11.3 Å². The first-order chi connectivity index (χ1) is 14.4. The van der Waals surface area contributed by atoms with Gasteiger partial charge in [-0.1, -0.05) is 0 Å². The molecule has 8 nitrogen and oxygen atoms in total. The third kappa shape index (κ3) is 4.74. The Morgan fingerprint density at radius 1 is 1.26 bits per heavy atom. The van der Waals surface area contributed by atoms with Crippen LogP contribution >= 0.6 is 11.3 Å². The van der Waals surface area contributed by atoms with Crippen molar-refractivity contribution in [2.45, 2.75) is 37.3 Å². The van der Waals surface area contributed by atoms with Crippen molar-refractivity contribution in [3.05, 3.63) is 53.4 Å². The molecule has 0 aliphatic carbocycles. The lowest BCUT2D eigenvalue weighted by Gasteiger charge is -2.24. The van der Waals surface area contributed by atoms with Gasteiger partial charge in [0.25, 0.3) is 10.0 Å². The molecule has 3 aromatic heterocycles. The molecule has 0 atom stereocenters. The van der Waals surface area contributed by atoms with Gasteiger partial charge in [0, 0.05) is 36.6 Å². The molecule has 0 saturated heterocycles. The summed E-state index contributed by atoms with van der Waals surface area (Å²) >= 11 is 0.837. The van der Waals surface area contributed by atoms with E-state index in [9.17, 15) is 17.6 Å². The fraction of sp³-hybridized carbons (Fsp3) is 0.316. The Morgan fingerprint density at radius 2 is 1.97 bits per heavy atom. The Kier molecular flexibility index (Phi) is 6.14. The third-order valence-electron chi connectivity index (χ3n) is 4.00. The van der Waals surface area contributed by atoms with Crippen LogP contribution in [0.25, 0.3) is 11.3 Å². The molecule has 166 valence electrons. The Morgan fingerprint density at radius 3 is 2.55 bits per heavy atom. The zero-order valence-electron chi connectivity index (χ0n) is 17.2. The zero-order valence-corrected chi connectivity index (χ0v) is 18.8. The van der Waals surface area contributed by atoms with Crippen molar-refractivity contribution in [2.75, 3.05) is 7.05 Å². The van der Waals surface area contributed by atoms with Gasteiger partial charge in [-0.3, -0.25) is 0 Å². The summed E-state index contributed by atoms with van der Waals surface area (Å²) in [6.45, 7) is 4.73. The van der Waals surface area contributed by atoms with Gasteiger partial charge in [0.05, 0.1) is 12.1 Å². The summed E-state index contributed by atoms with van der Waals surface area (Å²) in [5.41, 5.74) is -1.79. The Hall–Kier alpha value is -2.86. The molecule has 0 fully saturated rings. The van der Waals surface area contributed by atoms with E-state index in [4.69, 9.17) is 4.74 Å². The number of thiazole rings is 1. The molecule has 3 rings (SSSR count). The number of hydrogen-bond donors (Lipinski definition) is 0. The van der Waals surface area contributed by atoms with E-state index in [2.05, 4.69) is 9.97 Å². The minimum absolute atomic E-state index is 0.147. The molecule has 0 aliphatic rings. The van der Waals surface area contributed by atoms with Crippen LogP contribution in [0.5, 0.6) is 0 Å². The number of nitrogens with zero attached hydrogens (tertiary/aromatic N) is 4. The van der Waals surface area contributed by atoms with Gasteiger partial charge < -0.3 is 9.64 Å². The monoisotopic (exact) mass is 470 g/mol. The lowest BCUT2D eigenvalue weighted by Crippen LogP contribution is -2.33. The third-order valence-corrected chi connectivity index (χ3v) is 6.84. The number of aromatic nitrogens is 3. The Bertz CT molecular complexity index is 1200. The normalized spacial score (nSPS) is 12.1. The molecular weight excluding hydrogens is 450 g/mol. The largest absolute Gasteiger partial charge is 0.444 e. The lowest BCUT2D eigenvalue weighted by molar-refractivity contribution is 0.0284. The molecule has 12 heteroatoms. The Labute approximate surface area is 182 Å². The predicted molar refractivity (Wildman–Crippen MR) is 110 cm³/mol. The zero-order chi connectivity index (χ0) is 23.0. The van der Waals surface area contributed by atoms with Crippen molar-refractivity contribution in [2.24, 2.45) is 0 Å². The van der Waals surface area contributed by atoms with Gasteiger partial charge in [0.2, 0.25) is 10.3 Å². The topological polar surface area (TPSA) is 94.4 Å². The van der Waals surface area contributed by atoms with E-state index in [0.29, 0.717) is 3.97 Å². The summed E-state index contributed by atoms with van der Waals surface area (Å²) < 4.78 is 61.5. The molecule has 0 N–H and O–H groups in total. The van der Waals surface area contributed by atoms with Crippen LogP contribution in [0.2, 0.25) is 0 Å². The van der Waals surface area contributed by atoms with Crippen LogP contribution in [-0.2, 0) is 21.3 Å². The summed E-state index contributed by atoms with van der Waals surface area (Å²) in [5.74, 6) is -2.04. The highest BCUT2D eigenvalue weighted by atomic mass is 32.2. The molecule has 0 spiro atoms. The van der Waals surface area contributed by atoms with Crippen molar-refractivity contribution >= 4 is 27.5 Å². The maximum absolute atomic E-state index is 15.4. The molecule has 3 aromatic rings. The number of carbonyl (C=O) groups is 1. The standard InChI is InChI=1S/C19H20F2N4O4S2/c1-19(2,3)29-18(26)24(4)10-12-11-25(31(27,28)17-23-8-9-30-17)15(14(12)20)13-6-5-7-22-16(13)21/h5-9,11H,10H2,1-4H3. The van der Waals surface area contributed by atoms with Gasteiger partial charge in [-0.15, -0.1) is 11.3 Å². The maximum Gasteiger partial charge on any atom is 0.410 e. The summed E-state index contributed by atoms with van der Waals surface area (Å²) in [6, 6.07) is 2.58. The molecule has 0 radical (unpaired) electrons. The van der Waals surface area contributed by atoms with Gasteiger partial charge in [0.15, 0.2) is 5.82 Å². The van der Waals surface area contributed by atoms with Crippen molar-refractivity contribution in [1.82, 2.24) is 18.8 Å². The average molecular weight is 471 g/mol. The predicted octanol–water partition coefficient (Wildman–Crippen LogP) is 3.89. The second-order valence-corrected chi connectivity index (χ2v) is 10.5. The van der Waals surface area contributed by atoms with Crippen molar-refractivity contribution in [3.63, 3.8) is 0 Å². The minimum Gasteiger partial charge on any atom is -0.444 e. The first-order valence-corrected chi connectivity index (χ1v) is 11.3. The van der Waals surface area contributed by atoms with Gasteiger partial charge in [-0.05, 0) is 32.9 Å². The van der Waals surface area contributed by atoms with Gasteiger partial charge in [-0.2, -0.15) is 12.8 Å². The fourth-order valence-corrected chi connectivity index (χ4v) is 4.99. The molecule has 0 unspecified atom stereocenters. The number of pyridine rings is 1. The number of ether oxygens (including phenoxy) is 1. The highest BCUT2D eigenvalue weighted by molar-refractivity contribution is 7.92. The van der Waals surface area contributed by atoms with Gasteiger partial charge >= 0.3 is 6.09 Å². The summed E-state index contributed by atoms with van der Waals surface area (Å²) in [5, 5.41) is 1.45. The van der Waals surface area contributed by atoms with Crippen LogP contribution in [0.15, 0.2) is 40.4 Å². The molecule has 3 heterocycles. The molecule has 0 aliphatic heterocycles. The van der Waals surface area contributed by atoms with Crippen LogP contribution in [-0.4, -0.2) is 46.0 Å². The first-order valence-electron chi connectivity index (χ1n) is 9.01. The molecule has 1 amide bonds. The van der Waals surface area contributed by atoms with Crippen LogP contribution in [0, 0.1) is 11.8 Å². The van der Waals surface area contributed by atoms with Crippen molar-refractivity contribution in [1.29, 1.82) is 0 Å². The van der Waals surface area contributed by atoms with Crippen LogP contribution in [0.4, 0.5) is 13.6 Å². The van der Waals surface area contributed by atoms with Crippen LogP contribution in [0.1, 0.15) is 26.3 Å². The molecule has 31 heavy (non-hydrogen) atoms. The minimum atomic E-state index is -4.32. The molecule has 0 aromatic carbocycles. The van der Waals surface area contributed by atoms with E-state index in [1.165, 1.54) is 30.8 Å². The maximum atomic E-state index is 15.4. The van der Waals surface area contributed by atoms with E-state index in [0.717, 1.165) is 28.6 Å². The second kappa shape index (κ2) is 8.35. The summed E-state index contributed by atoms with van der Waals surface area (Å²) in [6.07, 6.45) is 2.74. The summed E-state index contributed by atoms with van der Waals surface area (Å²) in [4.78, 5) is 20.6. The smallest absolute Gasteiger partial charge is 0.410 e. The van der Waals surface area contributed by atoms with Crippen LogP contribution in [0.3, 0.4) is 0 Å². The van der Waals surface area contributed by atoms with Crippen LogP contribution < -0.4 is 0 Å². The van der Waals surface area contributed by atoms with E-state index in [1.807, 2.05) is 0 Å². The molecule has 0 bridgehead atoms. The fourth-order valence-electron chi connectivity index (χ4n) is 2.69. The lowest BCUT2D eigenvalue weighted by atomic mass is 10.1. The number of carbonyl (C=O) groups excluding carboxylic acids is 1. The Balaban J connectivity index is 2.11. The number of rotatable bonds is 5. The SMILES string of the molecule is CN(Cc1cn(S(=O)(=O)c2nccs2)c(-c2cccnc2F)c1F)C(=O)OC(C)(C)C. The first kappa shape index (κ1) is 22.8. The molecular formula is C19H20F2N4O4S2. The van der Waals surface area contributed by atoms with Gasteiger partial charge in [-0.25, -0.2) is 23.1 Å². The average Bonchev–Trinajstić information content (AvgIpc) is 3.31. The van der Waals surface area contributed by atoms with Crippen molar-refractivity contribution < 1.29 is 26.7 Å². The number of halogens is 2. The van der Waals surface area contributed by atoms with E-state index in [1.54, 1.807) is 20.8 Å². The van der Waals surface area contributed by atoms with Crippen molar-refractivity contribution in [3.8, 4) is 11.3 Å². The second-order valence-electron chi connectivity index (χ2n) is 7.59. The van der Waals surface area contributed by atoms with E-state index >= 15 is 4.39 Å². The highest BCUT2D eigenvalue weighted by Gasteiger charge is 2.31. The highest BCUT2D eigenvalue weighted by Crippen LogP contribution is 2.32. The summed E-state index contributed by atoms with van der Waals surface area (Å²) in [7, 11) is -2.94. The van der Waals surface area contributed by atoms with E-state index in [-0.39, 0.29) is 22.0 Å². The number of hydrogen-bond acceptors (Lipinski definition) is 7. The number of amides is 1.